The third kappa shape index (κ3) is 3.74. The highest BCUT2D eigenvalue weighted by Gasteiger charge is 2.55. The molecule has 5 fully saturated rings. The van der Waals surface area contributed by atoms with Gasteiger partial charge in [-0.05, 0) is 74.5 Å². The molecule has 0 atom stereocenters. The van der Waals surface area contributed by atoms with Crippen LogP contribution in [0.1, 0.15) is 38.5 Å². The Kier molecular flexibility index (Phi) is 4.97. The Morgan fingerprint density at radius 1 is 1.00 bits per heavy atom. The van der Waals surface area contributed by atoms with Crippen LogP contribution in [0, 0.1) is 23.2 Å². The Balaban J connectivity index is 1.13. The summed E-state index contributed by atoms with van der Waals surface area (Å²) in [5, 5.41) is 0.720. The highest BCUT2D eigenvalue weighted by Crippen LogP contribution is 2.60. The van der Waals surface area contributed by atoms with E-state index >= 15 is 0 Å². The molecule has 5 nitrogen and oxygen atoms in total. The van der Waals surface area contributed by atoms with Crippen molar-refractivity contribution in [3.8, 4) is 0 Å². The van der Waals surface area contributed by atoms with E-state index in [9.17, 15) is 9.59 Å². The van der Waals surface area contributed by atoms with Crippen molar-refractivity contribution in [1.82, 2.24) is 4.90 Å². The highest BCUT2D eigenvalue weighted by atomic mass is 35.5. The third-order valence-corrected chi connectivity index (χ3v) is 7.84. The predicted molar refractivity (Wildman–Crippen MR) is 112 cm³/mol. The van der Waals surface area contributed by atoms with Gasteiger partial charge in [0.15, 0.2) is 6.61 Å². The molecule has 6 heteroatoms. The van der Waals surface area contributed by atoms with Gasteiger partial charge in [0, 0.05) is 36.9 Å². The van der Waals surface area contributed by atoms with Gasteiger partial charge in [-0.25, -0.2) is 0 Å². The van der Waals surface area contributed by atoms with E-state index in [1.807, 2.05) is 29.2 Å². The number of amides is 1. The van der Waals surface area contributed by atoms with E-state index in [2.05, 4.69) is 4.90 Å². The standard InChI is InChI=1S/C23H29ClN2O3/c24-19-2-1-3-20(11-19)25-4-6-26(7-5-25)21(27)15-29-22(28)23-12-16-8-17(13-23)10-18(9-16)14-23/h1-3,11,16-18H,4-10,12-15H2. The zero-order valence-electron chi connectivity index (χ0n) is 16.8. The average Bonchev–Trinajstić information content (AvgIpc) is 2.71. The van der Waals surface area contributed by atoms with Crippen LogP contribution in [0.4, 0.5) is 5.69 Å². The van der Waals surface area contributed by atoms with Gasteiger partial charge in [-0.15, -0.1) is 0 Å². The smallest absolute Gasteiger partial charge is 0.312 e. The van der Waals surface area contributed by atoms with E-state index in [0.29, 0.717) is 30.8 Å². The molecule has 1 heterocycles. The number of ether oxygens (including phenoxy) is 1. The van der Waals surface area contributed by atoms with Crippen LogP contribution in [0.5, 0.6) is 0 Å². The van der Waals surface area contributed by atoms with E-state index in [1.165, 1.54) is 19.3 Å². The summed E-state index contributed by atoms with van der Waals surface area (Å²) in [6, 6.07) is 7.80. The number of carbonyl (C=O) groups is 2. The Bertz CT molecular complexity index is 768. The average molecular weight is 417 g/mol. The van der Waals surface area contributed by atoms with Crippen LogP contribution < -0.4 is 4.90 Å². The lowest BCUT2D eigenvalue weighted by molar-refractivity contribution is -0.174. The zero-order chi connectivity index (χ0) is 20.0. The van der Waals surface area contributed by atoms with Crippen LogP contribution in [0.15, 0.2) is 24.3 Å². The first-order chi connectivity index (χ1) is 14.0. The van der Waals surface area contributed by atoms with Crippen molar-refractivity contribution in [2.45, 2.75) is 38.5 Å². The van der Waals surface area contributed by atoms with Gasteiger partial charge in [-0.3, -0.25) is 9.59 Å². The molecule has 0 N–H and O–H groups in total. The van der Waals surface area contributed by atoms with E-state index in [0.717, 1.165) is 43.1 Å². The number of anilines is 1. The SMILES string of the molecule is O=C(COC(=O)C12CC3CC(CC(C3)C1)C2)N1CCN(c2cccc(Cl)c2)CC1. The summed E-state index contributed by atoms with van der Waals surface area (Å²) < 4.78 is 5.61. The van der Waals surface area contributed by atoms with Gasteiger partial charge >= 0.3 is 5.97 Å². The van der Waals surface area contributed by atoms with Gasteiger partial charge in [0.1, 0.15) is 0 Å². The maximum Gasteiger partial charge on any atom is 0.312 e. The summed E-state index contributed by atoms with van der Waals surface area (Å²) in [6.45, 7) is 2.68. The third-order valence-electron chi connectivity index (χ3n) is 7.60. The van der Waals surface area contributed by atoms with E-state index in [1.54, 1.807) is 0 Å². The number of benzene rings is 1. The lowest BCUT2D eigenvalue weighted by Crippen LogP contribution is -2.52. The number of carbonyl (C=O) groups excluding carboxylic acids is 2. The summed E-state index contributed by atoms with van der Waals surface area (Å²) in [5.74, 6) is 1.91. The van der Waals surface area contributed by atoms with Crippen molar-refractivity contribution in [3.05, 3.63) is 29.3 Å². The first-order valence-electron chi connectivity index (χ1n) is 11.0. The van der Waals surface area contributed by atoms with Gasteiger partial charge in [-0.2, -0.15) is 0 Å². The number of nitrogens with zero attached hydrogens (tertiary/aromatic N) is 2. The molecule has 1 aromatic rings. The number of halogens is 1. The monoisotopic (exact) mass is 416 g/mol. The minimum absolute atomic E-state index is 0.0752. The van der Waals surface area contributed by atoms with Gasteiger partial charge in [0.25, 0.3) is 5.91 Å². The van der Waals surface area contributed by atoms with Crippen LogP contribution in [-0.2, 0) is 14.3 Å². The molecule has 0 radical (unpaired) electrons. The van der Waals surface area contributed by atoms with Crippen molar-refractivity contribution in [1.29, 1.82) is 0 Å². The molecule has 0 aromatic heterocycles. The highest BCUT2D eigenvalue weighted by molar-refractivity contribution is 6.30. The zero-order valence-corrected chi connectivity index (χ0v) is 17.6. The molecule has 0 unspecified atom stereocenters. The molecule has 5 aliphatic rings. The molecule has 1 aliphatic heterocycles. The summed E-state index contributed by atoms with van der Waals surface area (Å²) in [7, 11) is 0. The normalized spacial score (nSPS) is 33.1. The van der Waals surface area contributed by atoms with Crippen molar-refractivity contribution < 1.29 is 14.3 Å². The number of rotatable bonds is 4. The van der Waals surface area contributed by atoms with Crippen molar-refractivity contribution in [2.24, 2.45) is 23.2 Å². The summed E-state index contributed by atoms with van der Waals surface area (Å²) >= 11 is 6.09. The summed E-state index contributed by atoms with van der Waals surface area (Å²) in [5.41, 5.74) is 0.790. The molecule has 1 saturated heterocycles. The van der Waals surface area contributed by atoms with Gasteiger partial charge in [0.2, 0.25) is 0 Å². The number of piperazine rings is 1. The van der Waals surface area contributed by atoms with Crippen LogP contribution in [-0.4, -0.2) is 49.6 Å². The molecule has 29 heavy (non-hydrogen) atoms. The minimum atomic E-state index is -0.291. The quantitative estimate of drug-likeness (QED) is 0.701. The second-order valence-electron chi connectivity index (χ2n) is 9.62. The minimum Gasteiger partial charge on any atom is -0.455 e. The maximum absolute atomic E-state index is 12.9. The van der Waals surface area contributed by atoms with E-state index in [4.69, 9.17) is 16.3 Å². The lowest BCUT2D eigenvalue weighted by Gasteiger charge is -2.55. The van der Waals surface area contributed by atoms with Gasteiger partial charge < -0.3 is 14.5 Å². The molecular formula is C23H29ClN2O3. The largest absolute Gasteiger partial charge is 0.455 e. The predicted octanol–water partition coefficient (Wildman–Crippen LogP) is 3.75. The molecule has 1 amide bonds. The number of hydrogen-bond acceptors (Lipinski definition) is 4. The van der Waals surface area contributed by atoms with E-state index in [-0.39, 0.29) is 23.9 Å². The van der Waals surface area contributed by atoms with Crippen LogP contribution in [0.25, 0.3) is 0 Å². The fourth-order valence-electron chi connectivity index (χ4n) is 6.62. The van der Waals surface area contributed by atoms with E-state index < -0.39 is 0 Å². The number of hydrogen-bond donors (Lipinski definition) is 0. The van der Waals surface area contributed by atoms with Gasteiger partial charge in [-0.1, -0.05) is 17.7 Å². The lowest BCUT2D eigenvalue weighted by atomic mass is 9.49. The molecule has 6 rings (SSSR count). The molecule has 1 aromatic carbocycles. The van der Waals surface area contributed by atoms with Crippen LogP contribution in [0.3, 0.4) is 0 Å². The molecule has 0 spiro atoms. The fourth-order valence-corrected chi connectivity index (χ4v) is 6.80. The van der Waals surface area contributed by atoms with Crippen LogP contribution >= 0.6 is 11.6 Å². The first kappa shape index (κ1) is 19.2. The Morgan fingerprint density at radius 2 is 1.62 bits per heavy atom. The second kappa shape index (κ2) is 7.50. The first-order valence-corrected chi connectivity index (χ1v) is 11.3. The molecule has 4 saturated carbocycles. The molecular weight excluding hydrogens is 388 g/mol. The van der Waals surface area contributed by atoms with Crippen LogP contribution in [0.2, 0.25) is 5.02 Å². The topological polar surface area (TPSA) is 49.9 Å². The molecule has 4 aliphatic carbocycles. The van der Waals surface area contributed by atoms with Crippen molar-refractivity contribution in [3.63, 3.8) is 0 Å². The summed E-state index contributed by atoms with van der Waals surface area (Å²) in [6.07, 6.45) is 6.81. The number of esters is 1. The Hall–Kier alpha value is -1.75. The van der Waals surface area contributed by atoms with Gasteiger partial charge in [0.05, 0.1) is 5.41 Å². The maximum atomic E-state index is 12.9. The van der Waals surface area contributed by atoms with Crippen molar-refractivity contribution >= 4 is 29.2 Å². The summed E-state index contributed by atoms with van der Waals surface area (Å²) in [4.78, 5) is 29.6. The molecule has 4 bridgehead atoms. The Morgan fingerprint density at radius 3 is 2.21 bits per heavy atom. The second-order valence-corrected chi connectivity index (χ2v) is 10.1. The fraction of sp³-hybridized carbons (Fsp3) is 0.652. The Labute approximate surface area is 177 Å². The van der Waals surface area contributed by atoms with Crippen molar-refractivity contribution in [2.75, 3.05) is 37.7 Å². The molecule has 156 valence electrons.